The molecule has 0 spiro atoms. The van der Waals surface area contributed by atoms with E-state index < -0.39 is 37.3 Å². The zero-order valence-electron chi connectivity index (χ0n) is 14.9. The molecule has 1 aliphatic heterocycles. The van der Waals surface area contributed by atoms with Crippen molar-refractivity contribution in [1.82, 2.24) is 0 Å². The van der Waals surface area contributed by atoms with Crippen molar-refractivity contribution < 1.29 is 39.8 Å². The Morgan fingerprint density at radius 2 is 1.71 bits per heavy atom. The van der Waals surface area contributed by atoms with Crippen LogP contribution in [0, 0.1) is 0 Å². The minimum absolute atomic E-state index is 0.0816. The van der Waals surface area contributed by atoms with Crippen LogP contribution in [0.5, 0.6) is 11.5 Å². The molecule has 5 N–H and O–H groups in total. The fourth-order valence-corrected chi connectivity index (χ4v) is 3.00. The van der Waals surface area contributed by atoms with Gasteiger partial charge < -0.3 is 35.0 Å². The Balaban J connectivity index is 1.71. The van der Waals surface area contributed by atoms with Crippen LogP contribution in [-0.2, 0) is 11.2 Å². The average Bonchev–Trinajstić information content (AvgIpc) is 2.69. The molecule has 2 aromatic carbocycles. The Kier molecular flexibility index (Phi) is 6.28. The number of aliphatic hydroxyl groups is 4. The summed E-state index contributed by atoms with van der Waals surface area (Å²) in [5.74, 6) is -0.496. The van der Waals surface area contributed by atoms with E-state index in [9.17, 15) is 30.3 Å². The monoisotopic (exact) mass is 390 g/mol. The Bertz CT molecular complexity index is 807. The van der Waals surface area contributed by atoms with E-state index >= 15 is 0 Å². The summed E-state index contributed by atoms with van der Waals surface area (Å²) >= 11 is 0. The number of aliphatic hydroxyl groups excluding tert-OH is 4. The number of benzene rings is 2. The van der Waals surface area contributed by atoms with Crippen molar-refractivity contribution in [3.05, 3.63) is 59.7 Å². The van der Waals surface area contributed by atoms with E-state index in [0.29, 0.717) is 0 Å². The summed E-state index contributed by atoms with van der Waals surface area (Å²) in [5.41, 5.74) is 0.929. The van der Waals surface area contributed by atoms with Crippen molar-refractivity contribution in [3.8, 4) is 11.5 Å². The number of hydrogen-bond acceptors (Lipinski definition) is 8. The second-order valence-corrected chi connectivity index (χ2v) is 6.58. The number of Topliss-reactive ketones (excluding diaryl/α,β-unsaturated/α-hetero) is 1. The maximum Gasteiger partial charge on any atom is 0.229 e. The summed E-state index contributed by atoms with van der Waals surface area (Å²) in [6.07, 6.45) is -6.99. The summed E-state index contributed by atoms with van der Waals surface area (Å²) < 4.78 is 10.7. The Labute approximate surface area is 161 Å². The van der Waals surface area contributed by atoms with E-state index in [1.165, 1.54) is 18.2 Å². The lowest BCUT2D eigenvalue weighted by Crippen LogP contribution is -2.60. The third-order valence-electron chi connectivity index (χ3n) is 4.58. The van der Waals surface area contributed by atoms with Crippen molar-refractivity contribution in [3.63, 3.8) is 0 Å². The molecule has 0 aliphatic carbocycles. The van der Waals surface area contributed by atoms with Gasteiger partial charge in [0.05, 0.1) is 12.2 Å². The highest BCUT2D eigenvalue weighted by Gasteiger charge is 2.44. The van der Waals surface area contributed by atoms with Gasteiger partial charge >= 0.3 is 0 Å². The van der Waals surface area contributed by atoms with E-state index in [4.69, 9.17) is 9.47 Å². The van der Waals surface area contributed by atoms with Gasteiger partial charge in [0.15, 0.2) is 5.78 Å². The molecule has 3 rings (SSSR count). The minimum Gasteiger partial charge on any atom is -0.507 e. The van der Waals surface area contributed by atoms with Gasteiger partial charge in [0.25, 0.3) is 0 Å². The largest absolute Gasteiger partial charge is 0.507 e. The molecule has 2 aromatic rings. The van der Waals surface area contributed by atoms with Crippen molar-refractivity contribution in [2.75, 3.05) is 6.61 Å². The van der Waals surface area contributed by atoms with Crippen LogP contribution in [-0.4, -0.2) is 68.6 Å². The number of carbonyl (C=O) groups excluding carboxylic acids is 1. The number of carbonyl (C=O) groups is 1. The summed E-state index contributed by atoms with van der Waals surface area (Å²) in [7, 11) is 0. The topological polar surface area (TPSA) is 137 Å². The Hall–Kier alpha value is -2.49. The van der Waals surface area contributed by atoms with Gasteiger partial charge in [-0.2, -0.15) is 0 Å². The molecule has 1 aliphatic rings. The van der Waals surface area contributed by atoms with Crippen LogP contribution in [0.1, 0.15) is 15.9 Å². The first kappa shape index (κ1) is 20.2. The lowest BCUT2D eigenvalue weighted by molar-refractivity contribution is -0.277. The minimum atomic E-state index is -1.57. The van der Waals surface area contributed by atoms with Gasteiger partial charge in [0, 0.05) is 12.5 Å². The van der Waals surface area contributed by atoms with Gasteiger partial charge in [0.2, 0.25) is 6.29 Å². The van der Waals surface area contributed by atoms with Crippen molar-refractivity contribution in [1.29, 1.82) is 0 Å². The van der Waals surface area contributed by atoms with Gasteiger partial charge in [-0.15, -0.1) is 0 Å². The number of ketones is 1. The third kappa shape index (κ3) is 4.32. The maximum atomic E-state index is 12.4. The number of rotatable bonds is 6. The molecule has 0 amide bonds. The van der Waals surface area contributed by atoms with Crippen LogP contribution in [0.2, 0.25) is 0 Å². The first-order valence-electron chi connectivity index (χ1n) is 8.78. The molecule has 8 heteroatoms. The molecule has 1 fully saturated rings. The summed E-state index contributed by atoms with van der Waals surface area (Å²) in [6, 6.07) is 13.1. The average molecular weight is 390 g/mol. The number of hydrogen-bond donors (Lipinski definition) is 5. The molecular weight excluding hydrogens is 368 g/mol. The first-order chi connectivity index (χ1) is 13.4. The van der Waals surface area contributed by atoms with E-state index in [2.05, 4.69) is 0 Å². The predicted molar refractivity (Wildman–Crippen MR) is 97.0 cm³/mol. The zero-order valence-corrected chi connectivity index (χ0v) is 14.9. The zero-order chi connectivity index (χ0) is 20.3. The highest BCUT2D eigenvalue weighted by Crippen LogP contribution is 2.29. The van der Waals surface area contributed by atoms with Gasteiger partial charge in [-0.1, -0.05) is 30.3 Å². The number of phenolic OH excluding ortho intramolecular Hbond substituents is 1. The maximum absolute atomic E-state index is 12.4. The van der Waals surface area contributed by atoms with Gasteiger partial charge in [-0.25, -0.2) is 0 Å². The first-order valence-corrected chi connectivity index (χ1v) is 8.78. The highest BCUT2D eigenvalue weighted by atomic mass is 16.7. The molecule has 1 heterocycles. The summed E-state index contributed by atoms with van der Waals surface area (Å²) in [4.78, 5) is 12.4. The van der Waals surface area contributed by atoms with Crippen molar-refractivity contribution >= 4 is 5.78 Å². The number of aromatic hydroxyl groups is 1. The molecule has 28 heavy (non-hydrogen) atoms. The fraction of sp³-hybridized carbons (Fsp3) is 0.350. The van der Waals surface area contributed by atoms with Crippen molar-refractivity contribution in [2.24, 2.45) is 0 Å². The third-order valence-corrected chi connectivity index (χ3v) is 4.58. The molecule has 8 nitrogen and oxygen atoms in total. The van der Waals surface area contributed by atoms with Gasteiger partial charge in [0.1, 0.15) is 35.9 Å². The molecule has 0 aromatic heterocycles. The second-order valence-electron chi connectivity index (χ2n) is 6.58. The fourth-order valence-electron chi connectivity index (χ4n) is 3.00. The second kappa shape index (κ2) is 8.68. The molecule has 0 unspecified atom stereocenters. The van der Waals surface area contributed by atoms with Crippen LogP contribution >= 0.6 is 0 Å². The van der Waals surface area contributed by atoms with Crippen molar-refractivity contribution in [2.45, 2.75) is 37.1 Å². The quantitative estimate of drug-likeness (QED) is 0.435. The number of ether oxygens (including phenoxy) is 2. The lowest BCUT2D eigenvalue weighted by atomic mass is 9.99. The molecule has 1 saturated heterocycles. The molecular formula is C20H22O8. The summed E-state index contributed by atoms with van der Waals surface area (Å²) in [6.45, 7) is -0.580. The number of phenols is 1. The van der Waals surface area contributed by atoms with Crippen LogP contribution in [0.15, 0.2) is 48.5 Å². The SMILES string of the molecule is O=C(Cc1ccccc1)c1ccc(O[C@H]2O[C@H](CO)[C@@H](O)[C@@H](O)[C@@H]2O)cc1O. The summed E-state index contributed by atoms with van der Waals surface area (Å²) in [5, 5.41) is 49.0. The Morgan fingerprint density at radius 3 is 2.36 bits per heavy atom. The van der Waals surface area contributed by atoms with Crippen LogP contribution < -0.4 is 4.74 Å². The normalized spacial score (nSPS) is 27.4. The van der Waals surface area contributed by atoms with Crippen LogP contribution in [0.4, 0.5) is 0 Å². The molecule has 0 bridgehead atoms. The molecule has 0 radical (unpaired) electrons. The van der Waals surface area contributed by atoms with Crippen LogP contribution in [0.3, 0.4) is 0 Å². The molecule has 0 saturated carbocycles. The van der Waals surface area contributed by atoms with E-state index in [-0.39, 0.29) is 29.3 Å². The molecule has 150 valence electrons. The predicted octanol–water partition coefficient (Wildman–Crippen LogP) is -0.00370. The molecule has 5 atom stereocenters. The standard InChI is InChI=1S/C20H22O8/c21-10-16-17(24)18(25)19(26)20(28-16)27-12-6-7-13(15(23)9-12)14(22)8-11-4-2-1-3-5-11/h1-7,9,16-21,23-26H,8,10H2/t16-,17-,18-,19+,20+/m1/s1. The van der Waals surface area contributed by atoms with E-state index in [1.807, 2.05) is 30.3 Å². The van der Waals surface area contributed by atoms with E-state index in [1.54, 1.807) is 0 Å². The lowest BCUT2D eigenvalue weighted by Gasteiger charge is -2.39. The Morgan fingerprint density at radius 1 is 1.00 bits per heavy atom. The van der Waals surface area contributed by atoms with E-state index in [0.717, 1.165) is 5.56 Å². The highest BCUT2D eigenvalue weighted by molar-refractivity contribution is 6.00. The smallest absolute Gasteiger partial charge is 0.229 e. The van der Waals surface area contributed by atoms with Gasteiger partial charge in [-0.05, 0) is 17.7 Å². The van der Waals surface area contributed by atoms with Gasteiger partial charge in [-0.3, -0.25) is 4.79 Å². The van der Waals surface area contributed by atoms with Crippen LogP contribution in [0.25, 0.3) is 0 Å².